The molecule has 1 saturated carbocycles. The lowest BCUT2D eigenvalue weighted by Gasteiger charge is -2.24. The molecule has 1 heterocycles. The molecule has 0 radical (unpaired) electrons. The minimum atomic E-state index is -0.317. The summed E-state index contributed by atoms with van der Waals surface area (Å²) in [5.74, 6) is 0.279. The van der Waals surface area contributed by atoms with Crippen molar-refractivity contribution in [1.82, 2.24) is 10.2 Å². The first-order chi connectivity index (χ1) is 9.66. The Morgan fingerprint density at radius 2 is 2.15 bits per heavy atom. The van der Waals surface area contributed by atoms with E-state index >= 15 is 0 Å². The van der Waals surface area contributed by atoms with Gasteiger partial charge >= 0.3 is 0 Å². The van der Waals surface area contributed by atoms with E-state index < -0.39 is 0 Å². The molecule has 3 nitrogen and oxygen atoms in total. The molecule has 1 spiro atoms. The number of nitrogens with zero attached hydrogens (tertiary/aromatic N) is 1. The highest BCUT2D eigenvalue weighted by Crippen LogP contribution is 2.41. The Balaban J connectivity index is 1.94. The van der Waals surface area contributed by atoms with Crippen molar-refractivity contribution in [3.8, 4) is 0 Å². The van der Waals surface area contributed by atoms with Crippen LogP contribution in [0.2, 0.25) is 5.02 Å². The number of hydrogen-bond acceptors (Lipinski definition) is 2. The Morgan fingerprint density at radius 1 is 1.40 bits per heavy atom. The maximum atomic E-state index is 12.8. The molecular formula is C16H21ClN2O. The van der Waals surface area contributed by atoms with Gasteiger partial charge in [-0.2, -0.15) is 0 Å². The fourth-order valence-corrected chi connectivity index (χ4v) is 3.74. The second-order valence-corrected chi connectivity index (χ2v) is 6.33. The number of benzene rings is 1. The molecule has 2 fully saturated rings. The van der Waals surface area contributed by atoms with Gasteiger partial charge in [-0.05, 0) is 37.0 Å². The van der Waals surface area contributed by atoms with Crippen molar-refractivity contribution in [2.24, 2.45) is 0 Å². The molecule has 1 aromatic rings. The van der Waals surface area contributed by atoms with E-state index in [2.05, 4.69) is 12.2 Å². The summed E-state index contributed by atoms with van der Waals surface area (Å²) in [6, 6.07) is 7.83. The zero-order valence-electron chi connectivity index (χ0n) is 11.9. The van der Waals surface area contributed by atoms with Gasteiger partial charge in [0.2, 0.25) is 5.91 Å². The Kier molecular flexibility index (Phi) is 3.74. The number of amides is 1. The van der Waals surface area contributed by atoms with Crippen LogP contribution in [0.4, 0.5) is 0 Å². The van der Waals surface area contributed by atoms with Crippen LogP contribution in [-0.2, 0) is 4.79 Å². The number of carbonyl (C=O) groups excluding carboxylic acids is 1. The van der Waals surface area contributed by atoms with Crippen LogP contribution in [0.3, 0.4) is 0 Å². The topological polar surface area (TPSA) is 32.3 Å². The number of halogens is 1. The van der Waals surface area contributed by atoms with E-state index in [0.29, 0.717) is 0 Å². The van der Waals surface area contributed by atoms with E-state index in [9.17, 15) is 4.79 Å². The molecule has 1 atom stereocenters. The SMILES string of the molecule is CCCN1C(=O)C2(CCCC2)NC1c1cccc(Cl)c1. The van der Waals surface area contributed by atoms with Crippen LogP contribution in [0.25, 0.3) is 0 Å². The first-order valence-corrected chi connectivity index (χ1v) is 7.88. The average Bonchev–Trinajstić information content (AvgIpc) is 3.01. The van der Waals surface area contributed by atoms with Gasteiger partial charge in [-0.15, -0.1) is 0 Å². The van der Waals surface area contributed by atoms with Crippen LogP contribution in [0.5, 0.6) is 0 Å². The molecule has 1 aliphatic heterocycles. The number of rotatable bonds is 3. The molecule has 0 aromatic heterocycles. The van der Waals surface area contributed by atoms with E-state index in [1.165, 1.54) is 0 Å². The van der Waals surface area contributed by atoms with Gasteiger partial charge < -0.3 is 4.90 Å². The number of hydrogen-bond donors (Lipinski definition) is 1. The minimum Gasteiger partial charge on any atom is -0.321 e. The molecule has 1 aromatic carbocycles. The number of carbonyl (C=O) groups is 1. The second-order valence-electron chi connectivity index (χ2n) is 5.89. The summed E-state index contributed by atoms with van der Waals surface area (Å²) in [5, 5.41) is 4.33. The van der Waals surface area contributed by atoms with Crippen LogP contribution in [0, 0.1) is 0 Å². The van der Waals surface area contributed by atoms with Crippen LogP contribution in [0.1, 0.15) is 50.8 Å². The van der Waals surface area contributed by atoms with Crippen LogP contribution < -0.4 is 5.32 Å². The molecule has 2 aliphatic rings. The van der Waals surface area contributed by atoms with Gasteiger partial charge in [0.05, 0.1) is 5.54 Å². The third-order valence-electron chi connectivity index (χ3n) is 4.48. The Bertz CT molecular complexity index is 511. The zero-order chi connectivity index (χ0) is 14.2. The molecule has 1 aliphatic carbocycles. The molecule has 108 valence electrons. The molecule has 20 heavy (non-hydrogen) atoms. The molecule has 0 bridgehead atoms. The summed E-state index contributed by atoms with van der Waals surface area (Å²) in [5.41, 5.74) is 0.769. The summed E-state index contributed by atoms with van der Waals surface area (Å²) in [6.07, 6.45) is 5.15. The van der Waals surface area contributed by atoms with Crippen molar-refractivity contribution in [3.63, 3.8) is 0 Å². The molecule has 1 saturated heterocycles. The van der Waals surface area contributed by atoms with Gasteiger partial charge in [0.15, 0.2) is 0 Å². The third kappa shape index (κ3) is 2.23. The van der Waals surface area contributed by atoms with E-state index in [-0.39, 0.29) is 17.6 Å². The first-order valence-electron chi connectivity index (χ1n) is 7.50. The van der Waals surface area contributed by atoms with Crippen molar-refractivity contribution in [2.45, 2.75) is 50.7 Å². The van der Waals surface area contributed by atoms with Crippen molar-refractivity contribution >= 4 is 17.5 Å². The third-order valence-corrected chi connectivity index (χ3v) is 4.72. The van der Waals surface area contributed by atoms with E-state index in [1.54, 1.807) is 0 Å². The normalized spacial score (nSPS) is 24.8. The van der Waals surface area contributed by atoms with Crippen molar-refractivity contribution < 1.29 is 4.79 Å². The van der Waals surface area contributed by atoms with Gasteiger partial charge in [-0.25, -0.2) is 0 Å². The fourth-order valence-electron chi connectivity index (χ4n) is 3.54. The molecule has 3 rings (SSSR count). The number of nitrogens with one attached hydrogen (secondary N) is 1. The fraction of sp³-hybridized carbons (Fsp3) is 0.562. The highest BCUT2D eigenvalue weighted by Gasteiger charge is 2.52. The largest absolute Gasteiger partial charge is 0.321 e. The van der Waals surface area contributed by atoms with E-state index in [1.807, 2.05) is 29.2 Å². The molecule has 4 heteroatoms. The summed E-state index contributed by atoms with van der Waals surface area (Å²) in [7, 11) is 0. The van der Waals surface area contributed by atoms with Gasteiger partial charge in [0.25, 0.3) is 0 Å². The minimum absolute atomic E-state index is 0.0285. The Labute approximate surface area is 125 Å². The van der Waals surface area contributed by atoms with Crippen molar-refractivity contribution in [2.75, 3.05) is 6.54 Å². The zero-order valence-corrected chi connectivity index (χ0v) is 12.6. The predicted molar refractivity (Wildman–Crippen MR) is 80.5 cm³/mol. The predicted octanol–water partition coefficient (Wildman–Crippen LogP) is 3.49. The lowest BCUT2D eigenvalue weighted by atomic mass is 9.98. The van der Waals surface area contributed by atoms with Crippen LogP contribution in [0.15, 0.2) is 24.3 Å². The molecule has 1 unspecified atom stereocenters. The van der Waals surface area contributed by atoms with E-state index in [0.717, 1.165) is 49.2 Å². The molecular weight excluding hydrogens is 272 g/mol. The Hall–Kier alpha value is -1.06. The van der Waals surface area contributed by atoms with Crippen molar-refractivity contribution in [3.05, 3.63) is 34.9 Å². The van der Waals surface area contributed by atoms with Crippen LogP contribution >= 0.6 is 11.6 Å². The van der Waals surface area contributed by atoms with Crippen molar-refractivity contribution in [1.29, 1.82) is 0 Å². The highest BCUT2D eigenvalue weighted by molar-refractivity contribution is 6.30. The quantitative estimate of drug-likeness (QED) is 0.925. The Morgan fingerprint density at radius 3 is 2.80 bits per heavy atom. The van der Waals surface area contributed by atoms with E-state index in [4.69, 9.17) is 11.6 Å². The first kappa shape index (κ1) is 13.9. The van der Waals surface area contributed by atoms with Gasteiger partial charge in [0.1, 0.15) is 6.17 Å². The standard InChI is InChI=1S/C16H21ClN2O/c1-2-10-19-14(12-6-5-7-13(17)11-12)18-16(15(19)20)8-3-4-9-16/h5-7,11,14,18H,2-4,8-10H2,1H3. The lowest BCUT2D eigenvalue weighted by Crippen LogP contribution is -2.44. The highest BCUT2D eigenvalue weighted by atomic mass is 35.5. The van der Waals surface area contributed by atoms with Gasteiger partial charge in [-0.3, -0.25) is 10.1 Å². The maximum absolute atomic E-state index is 12.8. The van der Waals surface area contributed by atoms with Crippen LogP contribution in [-0.4, -0.2) is 22.9 Å². The molecule has 1 amide bonds. The molecule has 1 N–H and O–H groups in total. The summed E-state index contributed by atoms with van der Waals surface area (Å²) in [6.45, 7) is 2.91. The summed E-state index contributed by atoms with van der Waals surface area (Å²) in [4.78, 5) is 14.8. The maximum Gasteiger partial charge on any atom is 0.244 e. The smallest absolute Gasteiger partial charge is 0.244 e. The van der Waals surface area contributed by atoms with Gasteiger partial charge in [0, 0.05) is 11.6 Å². The summed E-state index contributed by atoms with van der Waals surface area (Å²) < 4.78 is 0. The second kappa shape index (κ2) is 5.38. The average molecular weight is 293 g/mol. The lowest BCUT2D eigenvalue weighted by molar-refractivity contribution is -0.133. The summed E-state index contributed by atoms with van der Waals surface area (Å²) >= 11 is 6.10. The van der Waals surface area contributed by atoms with Gasteiger partial charge in [-0.1, -0.05) is 43.5 Å². The monoisotopic (exact) mass is 292 g/mol.